The maximum absolute atomic E-state index is 13.8. The van der Waals surface area contributed by atoms with E-state index in [9.17, 15) is 71.9 Å². The molecule has 16 rings (SSSR count). The van der Waals surface area contributed by atoms with Gasteiger partial charge in [0, 0.05) is 25.7 Å². The molecule has 0 radical (unpaired) electrons. The van der Waals surface area contributed by atoms with Gasteiger partial charge in [0.1, 0.15) is 0 Å². The molecule has 0 unspecified atom stereocenters. The summed E-state index contributed by atoms with van der Waals surface area (Å²) >= 11 is 0. The lowest BCUT2D eigenvalue weighted by molar-refractivity contribution is -0.142. The molecule has 0 heterocycles. The van der Waals surface area contributed by atoms with Crippen molar-refractivity contribution in [2.24, 2.45) is 23.7 Å². The Labute approximate surface area is 791 Å². The summed E-state index contributed by atoms with van der Waals surface area (Å²) in [6, 6.07) is 78.1. The van der Waals surface area contributed by atoms with E-state index in [1.807, 2.05) is 48.5 Å². The van der Waals surface area contributed by atoms with Gasteiger partial charge >= 0.3 is 48.6 Å². The molecule has 4 saturated carbocycles. The van der Waals surface area contributed by atoms with E-state index in [1.54, 1.807) is 24.3 Å². The van der Waals surface area contributed by atoms with Crippen LogP contribution >= 0.6 is 0 Å². The van der Waals surface area contributed by atoms with Crippen molar-refractivity contribution in [2.45, 2.75) is 254 Å². The van der Waals surface area contributed by atoms with Gasteiger partial charge in [0.05, 0.1) is 50.7 Å². The minimum Gasteiger partial charge on any atom is -0.469 e. The van der Waals surface area contributed by atoms with Gasteiger partial charge in [0.15, 0.2) is 0 Å². The quantitative estimate of drug-likeness (QED) is 0.0271. The number of methoxy groups -OCH3 is 4. The summed E-state index contributed by atoms with van der Waals surface area (Å²) in [5.41, 5.74) is 6.53. The fourth-order valence-electron chi connectivity index (χ4n) is 22.3. The second kappa shape index (κ2) is 46.2. The summed E-state index contributed by atoms with van der Waals surface area (Å²) in [6.07, 6.45) is -2.35. The van der Waals surface area contributed by atoms with Crippen LogP contribution in [0, 0.1) is 23.7 Å². The van der Waals surface area contributed by atoms with Gasteiger partial charge < -0.3 is 18.9 Å². The fraction of sp³-hybridized carbons (Fsp3) is 0.414. The molecule has 136 heavy (non-hydrogen) atoms. The topological polar surface area (TPSA) is 105 Å². The van der Waals surface area contributed by atoms with Gasteiger partial charge in [-0.2, -0.15) is 52.7 Å². The van der Waals surface area contributed by atoms with Crippen LogP contribution in [0.25, 0.3) is 43.1 Å². The van der Waals surface area contributed by atoms with Crippen molar-refractivity contribution in [1.29, 1.82) is 0 Å². The molecule has 4 aliphatic carbocycles. The Balaban J connectivity index is 0.000000153. The van der Waals surface area contributed by atoms with E-state index >= 15 is 0 Å². The van der Waals surface area contributed by atoms with Crippen molar-refractivity contribution in [2.75, 3.05) is 28.4 Å². The van der Waals surface area contributed by atoms with E-state index in [1.165, 1.54) is 118 Å². The Kier molecular flexibility index (Phi) is 34.7. The smallest absolute Gasteiger partial charge is 0.416 e. The molecule has 0 aliphatic heterocycles. The fourth-order valence-corrected chi connectivity index (χ4v) is 22.3. The maximum atomic E-state index is 13.8. The van der Waals surface area contributed by atoms with E-state index in [4.69, 9.17) is 0 Å². The number of rotatable bonds is 28. The first-order valence-electron chi connectivity index (χ1n) is 48.0. The van der Waals surface area contributed by atoms with Crippen LogP contribution in [0.4, 0.5) is 52.7 Å². The van der Waals surface area contributed by atoms with Crippen LogP contribution in [0.5, 0.6) is 0 Å². The molecule has 12 aromatic rings. The highest BCUT2D eigenvalue weighted by Crippen LogP contribution is 2.51. The predicted octanol–water partition coefficient (Wildman–Crippen LogP) is 32.2. The van der Waals surface area contributed by atoms with Crippen LogP contribution < -0.4 is 0 Å². The van der Waals surface area contributed by atoms with Crippen molar-refractivity contribution in [3.8, 4) is 0 Å². The van der Waals surface area contributed by atoms with E-state index in [0.717, 1.165) is 125 Å². The molecule has 8 nitrogen and oxygen atoms in total. The van der Waals surface area contributed by atoms with Gasteiger partial charge in [0.2, 0.25) is 0 Å². The third-order valence-electron chi connectivity index (χ3n) is 29.3. The minimum absolute atomic E-state index is 0.0254. The molecule has 0 N–H and O–H groups in total. The molecule has 20 heteroatoms. The van der Waals surface area contributed by atoms with Gasteiger partial charge in [-0.05, 0) is 334 Å². The lowest BCUT2D eigenvalue weighted by Crippen LogP contribution is -2.12. The molecule has 0 aromatic heterocycles. The standard InChI is InChI=1S/4C29H31F3O2/c4*1-19(25-9-5-7-21-6-3-4-8-26(21)25)16-20-10-11-23(17-20)24-13-12-22(14-15-28(33)34-2)27(18-24)29(30,31)32/h4*3-9,12-13,18-20,23H,10-11,14-17H2,1-2H3/t19-,20+,23+;19-,20+,23-;19-,20-,23+;19-,20-,23-/m0000/s1. The van der Waals surface area contributed by atoms with Crippen LogP contribution in [0.2, 0.25) is 0 Å². The second-order valence-electron chi connectivity index (χ2n) is 38.3. The number of benzene rings is 12. The van der Waals surface area contributed by atoms with Crippen molar-refractivity contribution in [3.63, 3.8) is 0 Å². The number of aryl methyl sites for hydroxylation is 4. The largest absolute Gasteiger partial charge is 0.469 e. The van der Waals surface area contributed by atoms with E-state index < -0.39 is 70.8 Å². The highest BCUT2D eigenvalue weighted by molar-refractivity contribution is 5.89. The lowest BCUT2D eigenvalue weighted by atomic mass is 9.85. The second-order valence-corrected chi connectivity index (χ2v) is 38.3. The minimum atomic E-state index is -4.44. The molecule has 0 spiro atoms. The SMILES string of the molecule is COC(=O)CCc1ccc([C@@H]2CC[C@@H](C[C@H](C)c3cccc4ccccc34)C2)cc1C(F)(F)F.COC(=O)CCc1ccc([C@@H]2CC[C@H](C[C@H](C)c3cccc4ccccc34)C2)cc1C(F)(F)F.COC(=O)CCc1ccc([C@H]2CC[C@@H](C[C@H](C)c3cccc4ccccc34)C2)cc1C(F)(F)F.COC(=O)CCc1ccc([C@H]2CC[C@H](C[C@H](C)c3cccc4ccccc34)C2)cc1C(F)(F)F. The third kappa shape index (κ3) is 26.7. The van der Waals surface area contributed by atoms with Crippen molar-refractivity contribution in [1.82, 2.24) is 0 Å². The van der Waals surface area contributed by atoms with E-state index in [0.29, 0.717) is 47.3 Å². The first-order chi connectivity index (χ1) is 65.0. The first-order valence-corrected chi connectivity index (χ1v) is 48.0. The van der Waals surface area contributed by atoms with E-state index in [2.05, 4.69) is 192 Å². The Morgan fingerprint density at radius 1 is 0.265 bits per heavy atom. The average molecular weight is 1870 g/mol. The monoisotopic (exact) mass is 1870 g/mol. The summed E-state index contributed by atoms with van der Waals surface area (Å²) in [5, 5.41) is 10.1. The maximum Gasteiger partial charge on any atom is 0.416 e. The Hall–Kier alpha value is -11.3. The number of esters is 4. The molecule has 0 bridgehead atoms. The summed E-state index contributed by atoms with van der Waals surface area (Å²) in [7, 11) is 4.98. The zero-order valence-electron chi connectivity index (χ0n) is 78.8. The molecule has 12 atom stereocenters. The van der Waals surface area contributed by atoms with Crippen LogP contribution in [-0.4, -0.2) is 52.3 Å². The Morgan fingerprint density at radius 2 is 0.456 bits per heavy atom. The number of carbonyl (C=O) groups excluding carboxylic acids is 4. The number of hydrogen-bond donors (Lipinski definition) is 0. The Morgan fingerprint density at radius 3 is 0.647 bits per heavy atom. The number of carbonyl (C=O) groups is 4. The zero-order chi connectivity index (χ0) is 97.2. The lowest BCUT2D eigenvalue weighted by Gasteiger charge is -2.20. The average Bonchev–Trinajstić information content (AvgIpc) is 1.53. The van der Waals surface area contributed by atoms with E-state index in [-0.39, 0.29) is 97.3 Å². The first kappa shape index (κ1) is 102. The molecular weight excluding hydrogens is 1750 g/mol. The van der Waals surface area contributed by atoms with Crippen molar-refractivity contribution >= 4 is 67.0 Å². The van der Waals surface area contributed by atoms with Crippen LogP contribution in [0.3, 0.4) is 0 Å². The van der Waals surface area contributed by atoms with Crippen molar-refractivity contribution in [3.05, 3.63) is 332 Å². The zero-order valence-corrected chi connectivity index (χ0v) is 78.8. The normalized spacial score (nSPS) is 19.3. The molecule has 0 amide bonds. The molecule has 0 saturated heterocycles. The third-order valence-corrected chi connectivity index (χ3v) is 29.3. The number of hydrogen-bond acceptors (Lipinski definition) is 8. The highest BCUT2D eigenvalue weighted by Gasteiger charge is 2.41. The van der Waals surface area contributed by atoms with Gasteiger partial charge in [-0.3, -0.25) is 19.2 Å². The van der Waals surface area contributed by atoms with Crippen LogP contribution in [-0.2, 0) is 88.5 Å². The summed E-state index contributed by atoms with van der Waals surface area (Å²) < 4.78 is 184. The molecular formula is C116H124F12O8. The van der Waals surface area contributed by atoms with Crippen LogP contribution in [0.1, 0.15) is 292 Å². The Bertz CT molecular complexity index is 5320. The number of fused-ring (bicyclic) bond motifs is 4. The highest BCUT2D eigenvalue weighted by atomic mass is 19.4. The molecule has 4 aliphatic rings. The van der Waals surface area contributed by atoms with Gasteiger partial charge in [-0.25, -0.2) is 0 Å². The van der Waals surface area contributed by atoms with Crippen LogP contribution in [0.15, 0.2) is 243 Å². The number of alkyl halides is 12. The van der Waals surface area contributed by atoms with Gasteiger partial charge in [-0.1, -0.05) is 246 Å². The predicted molar refractivity (Wildman–Crippen MR) is 515 cm³/mol. The summed E-state index contributed by atoms with van der Waals surface area (Å²) in [6.45, 7) is 9.03. The summed E-state index contributed by atoms with van der Waals surface area (Å²) in [5.74, 6) is 2.07. The number of halogens is 12. The van der Waals surface area contributed by atoms with Gasteiger partial charge in [-0.15, -0.1) is 0 Å². The molecule has 12 aromatic carbocycles. The summed E-state index contributed by atoms with van der Waals surface area (Å²) in [4.78, 5) is 45.7. The van der Waals surface area contributed by atoms with Crippen molar-refractivity contribution < 1.29 is 90.8 Å². The number of ether oxygens (including phenoxy) is 4. The van der Waals surface area contributed by atoms with Gasteiger partial charge in [0.25, 0.3) is 0 Å². The molecule has 720 valence electrons. The molecule has 4 fully saturated rings.